The third-order valence-corrected chi connectivity index (χ3v) is 8.82. The van der Waals surface area contributed by atoms with E-state index in [0.717, 1.165) is 70.5 Å². The quantitative estimate of drug-likeness (QED) is 0.498. The van der Waals surface area contributed by atoms with E-state index in [1.54, 1.807) is 7.11 Å². The Bertz CT molecular complexity index is 1020. The topological polar surface area (TPSA) is 41.9 Å². The van der Waals surface area contributed by atoms with Crippen molar-refractivity contribution >= 4 is 27.5 Å². The Morgan fingerprint density at radius 3 is 2.12 bits per heavy atom. The van der Waals surface area contributed by atoms with Gasteiger partial charge in [-0.05, 0) is 104 Å². The van der Waals surface area contributed by atoms with Crippen LogP contribution in [0.15, 0.2) is 58.1 Å². The van der Waals surface area contributed by atoms with Gasteiger partial charge in [-0.25, -0.2) is 5.01 Å². The number of ether oxygens (including phenoxy) is 1. The third kappa shape index (κ3) is 3.40. The van der Waals surface area contributed by atoms with Crippen molar-refractivity contribution < 1.29 is 9.53 Å². The lowest BCUT2D eigenvalue weighted by molar-refractivity contribution is -0.159. The molecule has 1 atom stereocenters. The minimum atomic E-state index is -0.193. The van der Waals surface area contributed by atoms with Gasteiger partial charge in [0.2, 0.25) is 5.91 Å². The summed E-state index contributed by atoms with van der Waals surface area (Å²) in [5.41, 5.74) is 3.01. The lowest BCUT2D eigenvalue weighted by Gasteiger charge is -2.56. The van der Waals surface area contributed by atoms with E-state index in [1.165, 1.54) is 19.3 Å². The van der Waals surface area contributed by atoms with E-state index in [0.29, 0.717) is 0 Å². The average Bonchev–Trinajstić information content (AvgIpc) is 3.23. The van der Waals surface area contributed by atoms with Crippen molar-refractivity contribution in [1.82, 2.24) is 5.01 Å². The first-order valence-electron chi connectivity index (χ1n) is 11.8. The van der Waals surface area contributed by atoms with Gasteiger partial charge >= 0.3 is 0 Å². The number of methoxy groups -OCH3 is 1. The van der Waals surface area contributed by atoms with Crippen LogP contribution in [0.3, 0.4) is 0 Å². The fourth-order valence-electron chi connectivity index (χ4n) is 7.22. The highest BCUT2D eigenvalue weighted by molar-refractivity contribution is 9.10. The van der Waals surface area contributed by atoms with Crippen LogP contribution in [0.5, 0.6) is 5.75 Å². The van der Waals surface area contributed by atoms with Crippen molar-refractivity contribution in [3.8, 4) is 5.75 Å². The summed E-state index contributed by atoms with van der Waals surface area (Å²) >= 11 is 3.55. The molecule has 166 valence electrons. The molecule has 0 radical (unpaired) electrons. The van der Waals surface area contributed by atoms with Crippen molar-refractivity contribution in [3.63, 3.8) is 0 Å². The molecule has 5 aliphatic rings. The fraction of sp³-hybridized carbons (Fsp3) is 0.481. The molecule has 0 aromatic heterocycles. The minimum absolute atomic E-state index is 0.0410. The molecule has 32 heavy (non-hydrogen) atoms. The van der Waals surface area contributed by atoms with Crippen LogP contribution in [0.25, 0.3) is 0 Å². The number of rotatable bonds is 4. The summed E-state index contributed by atoms with van der Waals surface area (Å²) in [6.07, 6.45) is 7.94. The molecule has 1 heterocycles. The largest absolute Gasteiger partial charge is 0.497 e. The smallest absolute Gasteiger partial charge is 0.249 e. The van der Waals surface area contributed by atoms with Gasteiger partial charge in [-0.15, -0.1) is 0 Å². The Labute approximate surface area is 198 Å². The molecule has 0 spiro atoms. The number of halogens is 1. The van der Waals surface area contributed by atoms with Crippen molar-refractivity contribution in [2.45, 2.75) is 51.0 Å². The molecular formula is C27H29BrN2O2. The van der Waals surface area contributed by atoms with E-state index in [9.17, 15) is 4.79 Å². The third-order valence-electron chi connectivity index (χ3n) is 8.29. The maximum atomic E-state index is 14.2. The molecule has 7 rings (SSSR count). The second kappa shape index (κ2) is 7.72. The van der Waals surface area contributed by atoms with Crippen molar-refractivity contribution in [2.24, 2.45) is 28.3 Å². The molecule has 0 N–H and O–H groups in total. The number of hydrogen-bond acceptors (Lipinski definition) is 3. The zero-order valence-electron chi connectivity index (χ0n) is 18.5. The molecule has 1 amide bonds. The summed E-state index contributed by atoms with van der Waals surface area (Å²) in [6.45, 7) is 0. The van der Waals surface area contributed by atoms with Crippen LogP contribution in [0.2, 0.25) is 0 Å². The van der Waals surface area contributed by atoms with Gasteiger partial charge in [0.1, 0.15) is 5.75 Å². The standard InChI is InChI=1S/C27H29BrN2O2/c1-32-23-8-4-20(5-9-23)24-13-25(21-2-6-22(28)7-3-21)30(29-24)26(31)27-14-17-10-18(15-27)12-19(11-17)16-27/h2-9,17-19,25H,10-16H2,1H3. The van der Waals surface area contributed by atoms with Gasteiger partial charge in [-0.3, -0.25) is 4.79 Å². The Hall–Kier alpha value is -2.14. The number of amides is 1. The summed E-state index contributed by atoms with van der Waals surface area (Å²) < 4.78 is 6.37. The van der Waals surface area contributed by atoms with E-state index < -0.39 is 0 Å². The average molecular weight is 493 g/mol. The molecule has 2 aromatic carbocycles. The summed E-state index contributed by atoms with van der Waals surface area (Å²) in [5, 5.41) is 6.87. The van der Waals surface area contributed by atoms with Gasteiger partial charge in [0.15, 0.2) is 0 Å². The summed E-state index contributed by atoms with van der Waals surface area (Å²) in [7, 11) is 1.68. The number of nitrogens with zero attached hydrogens (tertiary/aromatic N) is 2. The Kier molecular flexibility index (Phi) is 4.94. The summed E-state index contributed by atoms with van der Waals surface area (Å²) in [5.74, 6) is 3.32. The predicted octanol–water partition coefficient (Wildman–Crippen LogP) is 6.35. The summed E-state index contributed by atoms with van der Waals surface area (Å²) in [4.78, 5) is 14.2. The van der Waals surface area contributed by atoms with Crippen LogP contribution < -0.4 is 4.74 Å². The Morgan fingerprint density at radius 1 is 0.969 bits per heavy atom. The zero-order chi connectivity index (χ0) is 21.9. The highest BCUT2D eigenvalue weighted by atomic mass is 79.9. The first-order valence-corrected chi connectivity index (χ1v) is 12.6. The van der Waals surface area contributed by atoms with Crippen molar-refractivity contribution in [3.05, 3.63) is 64.1 Å². The molecular weight excluding hydrogens is 464 g/mol. The highest BCUT2D eigenvalue weighted by Gasteiger charge is 2.57. The van der Waals surface area contributed by atoms with Gasteiger partial charge in [-0.1, -0.05) is 28.1 Å². The van der Waals surface area contributed by atoms with Gasteiger partial charge in [0.05, 0.1) is 24.3 Å². The lowest BCUT2D eigenvalue weighted by atomic mass is 9.49. The predicted molar refractivity (Wildman–Crippen MR) is 128 cm³/mol. The molecule has 4 saturated carbocycles. The highest BCUT2D eigenvalue weighted by Crippen LogP contribution is 2.61. The van der Waals surface area contributed by atoms with Crippen molar-refractivity contribution in [2.75, 3.05) is 7.11 Å². The second-order valence-electron chi connectivity index (χ2n) is 10.4. The number of carbonyl (C=O) groups is 1. The normalized spacial score (nSPS) is 32.8. The van der Waals surface area contributed by atoms with Crippen LogP contribution in [0, 0.1) is 23.2 Å². The maximum Gasteiger partial charge on any atom is 0.249 e. The number of hydrogen-bond donors (Lipinski definition) is 0. The molecule has 4 nitrogen and oxygen atoms in total. The van der Waals surface area contributed by atoms with Gasteiger partial charge < -0.3 is 4.74 Å². The molecule has 1 unspecified atom stereocenters. The van der Waals surface area contributed by atoms with E-state index in [1.807, 2.05) is 17.1 Å². The van der Waals surface area contributed by atoms with E-state index in [4.69, 9.17) is 9.84 Å². The zero-order valence-corrected chi connectivity index (χ0v) is 20.1. The Morgan fingerprint density at radius 2 is 1.56 bits per heavy atom. The Balaban J connectivity index is 1.36. The van der Waals surface area contributed by atoms with Crippen LogP contribution in [0.4, 0.5) is 0 Å². The van der Waals surface area contributed by atoms with Gasteiger partial charge in [0, 0.05) is 10.9 Å². The monoisotopic (exact) mass is 492 g/mol. The fourth-order valence-corrected chi connectivity index (χ4v) is 7.48. The minimum Gasteiger partial charge on any atom is -0.497 e. The number of benzene rings is 2. The molecule has 4 bridgehead atoms. The molecule has 4 aliphatic carbocycles. The van der Waals surface area contributed by atoms with Crippen molar-refractivity contribution in [1.29, 1.82) is 0 Å². The first kappa shape index (κ1) is 20.5. The number of carbonyl (C=O) groups excluding carboxylic acids is 1. The van der Waals surface area contributed by atoms with Gasteiger partial charge in [-0.2, -0.15) is 5.10 Å². The number of hydrazone groups is 1. The lowest BCUT2D eigenvalue weighted by Crippen LogP contribution is -2.53. The first-order chi connectivity index (χ1) is 15.5. The second-order valence-corrected chi connectivity index (χ2v) is 11.3. The van der Waals surface area contributed by atoms with Crippen LogP contribution in [0.1, 0.15) is 62.1 Å². The van der Waals surface area contributed by atoms with E-state index >= 15 is 0 Å². The molecule has 2 aromatic rings. The molecule has 0 saturated heterocycles. The van der Waals surface area contributed by atoms with Crippen LogP contribution >= 0.6 is 15.9 Å². The van der Waals surface area contributed by atoms with Crippen LogP contribution in [-0.4, -0.2) is 23.7 Å². The van der Waals surface area contributed by atoms with E-state index in [2.05, 4.69) is 52.3 Å². The van der Waals surface area contributed by atoms with Crippen LogP contribution in [-0.2, 0) is 4.79 Å². The van der Waals surface area contributed by atoms with Gasteiger partial charge in [0.25, 0.3) is 0 Å². The van der Waals surface area contributed by atoms with E-state index in [-0.39, 0.29) is 17.4 Å². The molecule has 5 heteroatoms. The SMILES string of the molecule is COc1ccc(C2=NN(C(=O)C34CC5CC(CC(C5)C3)C4)C(c3ccc(Br)cc3)C2)cc1. The summed E-state index contributed by atoms with van der Waals surface area (Å²) in [6, 6.07) is 16.4. The maximum absolute atomic E-state index is 14.2. The molecule has 1 aliphatic heterocycles. The molecule has 4 fully saturated rings.